The van der Waals surface area contributed by atoms with Gasteiger partial charge in [-0.3, -0.25) is 9.78 Å². The lowest BCUT2D eigenvalue weighted by atomic mass is 9.74. The van der Waals surface area contributed by atoms with E-state index < -0.39 is 0 Å². The summed E-state index contributed by atoms with van der Waals surface area (Å²) in [6.07, 6.45) is 8.82. The summed E-state index contributed by atoms with van der Waals surface area (Å²) >= 11 is 0. The van der Waals surface area contributed by atoms with Crippen LogP contribution in [0.25, 0.3) is 0 Å². The molecule has 0 saturated heterocycles. The molecule has 2 N–H and O–H groups in total. The molecule has 1 heterocycles. The SMILES string of the molecule is Cc1cncc(C(=O)NCC2(CO)CCCCC2)c1. The first-order valence-electron chi connectivity index (χ1n) is 6.96. The number of rotatable bonds is 4. The van der Waals surface area contributed by atoms with Gasteiger partial charge >= 0.3 is 0 Å². The minimum absolute atomic E-state index is 0.102. The van der Waals surface area contributed by atoms with E-state index in [4.69, 9.17) is 0 Å². The normalized spacial score (nSPS) is 18.0. The molecule has 4 nitrogen and oxygen atoms in total. The van der Waals surface area contributed by atoms with E-state index in [0.717, 1.165) is 31.2 Å². The molecule has 104 valence electrons. The van der Waals surface area contributed by atoms with Gasteiger partial charge in [0.05, 0.1) is 12.2 Å². The molecular formula is C15H22N2O2. The van der Waals surface area contributed by atoms with Crippen molar-refractivity contribution in [3.05, 3.63) is 29.6 Å². The standard InChI is InChI=1S/C15H22N2O2/c1-12-7-13(9-16-8-12)14(19)17-10-15(11-18)5-3-2-4-6-15/h7-9,18H,2-6,10-11H2,1H3,(H,17,19). The van der Waals surface area contributed by atoms with Crippen LogP contribution in [0.3, 0.4) is 0 Å². The molecule has 19 heavy (non-hydrogen) atoms. The highest BCUT2D eigenvalue weighted by atomic mass is 16.3. The Kier molecular flexibility index (Phi) is 4.53. The molecule has 0 atom stereocenters. The molecule has 1 aliphatic carbocycles. The van der Waals surface area contributed by atoms with Gasteiger partial charge in [0.1, 0.15) is 0 Å². The van der Waals surface area contributed by atoms with E-state index in [1.54, 1.807) is 12.4 Å². The van der Waals surface area contributed by atoms with Gasteiger partial charge in [-0.1, -0.05) is 19.3 Å². The van der Waals surface area contributed by atoms with Crippen LogP contribution in [-0.4, -0.2) is 29.1 Å². The van der Waals surface area contributed by atoms with E-state index in [-0.39, 0.29) is 17.9 Å². The third-order valence-corrected chi connectivity index (χ3v) is 4.01. The first-order valence-corrected chi connectivity index (χ1v) is 6.96. The number of nitrogens with zero attached hydrogens (tertiary/aromatic N) is 1. The zero-order valence-corrected chi connectivity index (χ0v) is 11.5. The van der Waals surface area contributed by atoms with E-state index in [9.17, 15) is 9.90 Å². The van der Waals surface area contributed by atoms with Gasteiger partial charge < -0.3 is 10.4 Å². The van der Waals surface area contributed by atoms with Gasteiger partial charge in [0.15, 0.2) is 0 Å². The topological polar surface area (TPSA) is 62.2 Å². The summed E-state index contributed by atoms with van der Waals surface area (Å²) in [6, 6.07) is 1.83. The third-order valence-electron chi connectivity index (χ3n) is 4.01. The number of hydrogen-bond donors (Lipinski definition) is 2. The Balaban J connectivity index is 1.95. The van der Waals surface area contributed by atoms with Crippen LogP contribution >= 0.6 is 0 Å². The first kappa shape index (κ1) is 14.0. The molecule has 0 aliphatic heterocycles. The lowest BCUT2D eigenvalue weighted by Crippen LogP contribution is -2.41. The van der Waals surface area contributed by atoms with Crippen molar-refractivity contribution in [2.45, 2.75) is 39.0 Å². The largest absolute Gasteiger partial charge is 0.396 e. The molecule has 1 aromatic heterocycles. The second-order valence-electron chi connectivity index (χ2n) is 5.65. The number of aliphatic hydroxyl groups excluding tert-OH is 1. The van der Waals surface area contributed by atoms with Crippen LogP contribution in [0.1, 0.15) is 48.0 Å². The summed E-state index contributed by atoms with van der Waals surface area (Å²) in [7, 11) is 0. The van der Waals surface area contributed by atoms with Crippen molar-refractivity contribution in [3.8, 4) is 0 Å². The fourth-order valence-corrected chi connectivity index (χ4v) is 2.74. The Morgan fingerprint density at radius 3 is 2.74 bits per heavy atom. The molecule has 1 fully saturated rings. The number of aliphatic hydroxyl groups is 1. The second-order valence-corrected chi connectivity index (χ2v) is 5.65. The minimum Gasteiger partial charge on any atom is -0.396 e. The fourth-order valence-electron chi connectivity index (χ4n) is 2.74. The minimum atomic E-state index is -0.120. The van der Waals surface area contributed by atoms with Crippen molar-refractivity contribution in [1.82, 2.24) is 10.3 Å². The molecule has 2 rings (SSSR count). The fraction of sp³-hybridized carbons (Fsp3) is 0.600. The van der Waals surface area contributed by atoms with E-state index in [2.05, 4.69) is 10.3 Å². The number of nitrogens with one attached hydrogen (secondary N) is 1. The predicted molar refractivity (Wildman–Crippen MR) is 73.9 cm³/mol. The van der Waals surface area contributed by atoms with Gasteiger partial charge in [-0.15, -0.1) is 0 Å². The van der Waals surface area contributed by atoms with Crippen molar-refractivity contribution in [1.29, 1.82) is 0 Å². The van der Waals surface area contributed by atoms with Crippen LogP contribution in [0.15, 0.2) is 18.5 Å². The maximum absolute atomic E-state index is 12.1. The highest BCUT2D eigenvalue weighted by Gasteiger charge is 2.31. The Hall–Kier alpha value is -1.42. The van der Waals surface area contributed by atoms with E-state index in [1.807, 2.05) is 13.0 Å². The summed E-state index contributed by atoms with van der Waals surface area (Å²) in [5.74, 6) is -0.102. The molecule has 0 unspecified atom stereocenters. The summed E-state index contributed by atoms with van der Waals surface area (Å²) < 4.78 is 0. The number of aryl methyl sites for hydroxylation is 1. The van der Waals surface area contributed by atoms with Crippen molar-refractivity contribution >= 4 is 5.91 Å². The van der Waals surface area contributed by atoms with Crippen LogP contribution in [0.4, 0.5) is 0 Å². The molecule has 0 bridgehead atoms. The molecular weight excluding hydrogens is 240 g/mol. The molecule has 4 heteroatoms. The lowest BCUT2D eigenvalue weighted by molar-refractivity contribution is 0.0718. The van der Waals surface area contributed by atoms with Gasteiger partial charge in [-0.2, -0.15) is 0 Å². The van der Waals surface area contributed by atoms with Gasteiger partial charge in [-0.05, 0) is 31.4 Å². The average molecular weight is 262 g/mol. The smallest absolute Gasteiger partial charge is 0.252 e. The van der Waals surface area contributed by atoms with Crippen molar-refractivity contribution < 1.29 is 9.90 Å². The van der Waals surface area contributed by atoms with Gasteiger partial charge in [-0.25, -0.2) is 0 Å². The monoisotopic (exact) mass is 262 g/mol. The van der Waals surface area contributed by atoms with E-state index in [0.29, 0.717) is 12.1 Å². The Morgan fingerprint density at radius 1 is 1.37 bits per heavy atom. The average Bonchev–Trinajstić information content (AvgIpc) is 2.46. The zero-order chi connectivity index (χ0) is 13.7. The van der Waals surface area contributed by atoms with Crippen LogP contribution < -0.4 is 5.32 Å². The molecule has 0 aromatic carbocycles. The van der Waals surface area contributed by atoms with Crippen molar-refractivity contribution in [2.24, 2.45) is 5.41 Å². The highest BCUT2D eigenvalue weighted by Crippen LogP contribution is 2.35. The van der Waals surface area contributed by atoms with Crippen molar-refractivity contribution in [3.63, 3.8) is 0 Å². The van der Waals surface area contributed by atoms with Gasteiger partial charge in [0.2, 0.25) is 0 Å². The number of aromatic nitrogens is 1. The molecule has 1 aromatic rings. The quantitative estimate of drug-likeness (QED) is 0.873. The first-order chi connectivity index (χ1) is 9.15. The number of pyridine rings is 1. The molecule has 0 spiro atoms. The summed E-state index contributed by atoms with van der Waals surface area (Å²) in [6.45, 7) is 2.62. The predicted octanol–water partition coefficient (Wildman–Crippen LogP) is 2.06. The summed E-state index contributed by atoms with van der Waals surface area (Å²) in [5.41, 5.74) is 1.44. The number of hydrogen-bond acceptors (Lipinski definition) is 3. The van der Waals surface area contributed by atoms with Crippen LogP contribution in [0.2, 0.25) is 0 Å². The lowest BCUT2D eigenvalue weighted by Gasteiger charge is -2.35. The van der Waals surface area contributed by atoms with Crippen LogP contribution in [0, 0.1) is 12.3 Å². The summed E-state index contributed by atoms with van der Waals surface area (Å²) in [5, 5.41) is 12.6. The van der Waals surface area contributed by atoms with E-state index >= 15 is 0 Å². The highest BCUT2D eigenvalue weighted by molar-refractivity contribution is 5.94. The number of carbonyl (C=O) groups is 1. The Morgan fingerprint density at radius 2 is 2.11 bits per heavy atom. The Bertz CT molecular complexity index is 440. The van der Waals surface area contributed by atoms with E-state index in [1.165, 1.54) is 6.42 Å². The van der Waals surface area contributed by atoms with Gasteiger partial charge in [0.25, 0.3) is 5.91 Å². The van der Waals surface area contributed by atoms with Crippen molar-refractivity contribution in [2.75, 3.05) is 13.2 Å². The zero-order valence-electron chi connectivity index (χ0n) is 11.5. The number of amides is 1. The molecule has 1 saturated carbocycles. The Labute approximate surface area is 114 Å². The third kappa shape index (κ3) is 3.53. The number of carbonyl (C=O) groups excluding carboxylic acids is 1. The molecule has 0 radical (unpaired) electrons. The summed E-state index contributed by atoms with van der Waals surface area (Å²) in [4.78, 5) is 16.1. The maximum atomic E-state index is 12.1. The molecule has 1 aliphatic rings. The second kappa shape index (κ2) is 6.15. The maximum Gasteiger partial charge on any atom is 0.252 e. The van der Waals surface area contributed by atoms with Crippen LogP contribution in [-0.2, 0) is 0 Å². The van der Waals surface area contributed by atoms with Crippen LogP contribution in [0.5, 0.6) is 0 Å². The van der Waals surface area contributed by atoms with Gasteiger partial charge in [0, 0.05) is 24.4 Å². The molecule has 1 amide bonds.